The van der Waals surface area contributed by atoms with Crippen LogP contribution < -0.4 is 4.31 Å². The van der Waals surface area contributed by atoms with Crippen molar-refractivity contribution in [3.63, 3.8) is 0 Å². The fraction of sp³-hybridized carbons (Fsp3) is 0.375. The minimum atomic E-state index is -3.95. The van der Waals surface area contributed by atoms with Gasteiger partial charge in [0.1, 0.15) is 18.0 Å². The first-order valence-electron chi connectivity index (χ1n) is 14.5. The number of nitrogens with zero attached hydrogens (tertiary/aromatic N) is 2. The zero-order valence-electron chi connectivity index (χ0n) is 24.0. The van der Waals surface area contributed by atoms with Crippen LogP contribution >= 0.6 is 23.2 Å². The first-order valence-corrected chi connectivity index (χ1v) is 16.7. The number of para-hydroxylation sites is 1. The van der Waals surface area contributed by atoms with E-state index >= 15 is 4.39 Å². The molecule has 1 saturated carbocycles. The molecule has 0 aromatic heterocycles. The summed E-state index contributed by atoms with van der Waals surface area (Å²) >= 11 is 12.6. The lowest BCUT2D eigenvalue weighted by atomic mass is 9.89. The van der Waals surface area contributed by atoms with Crippen molar-refractivity contribution in [3.8, 4) is 0 Å². The number of amides is 1. The van der Waals surface area contributed by atoms with E-state index in [0.717, 1.165) is 4.31 Å². The Morgan fingerprint density at radius 3 is 2.36 bits per heavy atom. The highest BCUT2D eigenvalue weighted by atomic mass is 35.5. The summed E-state index contributed by atoms with van der Waals surface area (Å²) in [6, 6.07) is 18.1. The molecule has 8 nitrogen and oxygen atoms in total. The number of ether oxygens (including phenoxy) is 1. The second kappa shape index (κ2) is 13.4. The Hall–Kier alpha value is -3.18. The fourth-order valence-electron chi connectivity index (χ4n) is 5.70. The number of rotatable bonds is 12. The first kappa shape index (κ1) is 32.2. The van der Waals surface area contributed by atoms with Crippen molar-refractivity contribution in [1.82, 2.24) is 4.90 Å². The van der Waals surface area contributed by atoms with Gasteiger partial charge in [0.15, 0.2) is 0 Å². The second-order valence-corrected chi connectivity index (χ2v) is 14.1. The van der Waals surface area contributed by atoms with E-state index in [0.29, 0.717) is 40.4 Å². The van der Waals surface area contributed by atoms with Crippen LogP contribution in [-0.2, 0) is 24.3 Å². The van der Waals surface area contributed by atoms with Crippen LogP contribution in [0.4, 0.5) is 10.1 Å². The average Bonchev–Trinajstić information content (AvgIpc) is 3.85. The van der Waals surface area contributed by atoms with Gasteiger partial charge in [-0.2, -0.15) is 0 Å². The van der Waals surface area contributed by atoms with Crippen LogP contribution in [0.5, 0.6) is 0 Å². The zero-order chi connectivity index (χ0) is 31.6. The maximum atomic E-state index is 15.2. The fourth-order valence-corrected chi connectivity index (χ4v) is 7.91. The third kappa shape index (κ3) is 6.88. The number of halogens is 3. The summed E-state index contributed by atoms with van der Waals surface area (Å²) in [5.74, 6) is -2.25. The van der Waals surface area contributed by atoms with Crippen molar-refractivity contribution in [2.45, 2.75) is 68.6 Å². The molecule has 2 fully saturated rings. The van der Waals surface area contributed by atoms with Crippen LogP contribution in [0.3, 0.4) is 0 Å². The number of hydrogen-bond donors (Lipinski definition) is 1. The minimum Gasteiger partial charge on any atom is -0.481 e. The molecular formula is C32H33Cl2FN2O6S. The lowest BCUT2D eigenvalue weighted by Crippen LogP contribution is -2.58. The minimum absolute atomic E-state index is 0.0876. The molecule has 1 aliphatic carbocycles. The van der Waals surface area contributed by atoms with Gasteiger partial charge in [-0.3, -0.25) is 13.9 Å². The van der Waals surface area contributed by atoms with Gasteiger partial charge in [0.2, 0.25) is 10.0 Å². The van der Waals surface area contributed by atoms with Crippen molar-refractivity contribution in [3.05, 3.63) is 99.8 Å². The summed E-state index contributed by atoms with van der Waals surface area (Å²) in [5, 5.41) is 9.72. The normalized spacial score (nSPS) is 21.2. The van der Waals surface area contributed by atoms with Gasteiger partial charge >= 0.3 is 5.97 Å². The summed E-state index contributed by atoms with van der Waals surface area (Å²) in [7, 11) is -3.95. The molecule has 3 aromatic rings. The second-order valence-electron chi connectivity index (χ2n) is 11.1. The molecule has 3 aromatic carbocycles. The van der Waals surface area contributed by atoms with Gasteiger partial charge < -0.3 is 14.7 Å². The SMILES string of the molecule is CCC(CN(c1ccccc1F)S(=O)(=O)C1CC1)N1C(=O)[C@@H](CCC(=O)O)O[C@H](c2cccc(Cl)c2)[C@H]1c1ccc(Cl)cc1. The number of carboxylic acids is 1. The Balaban J connectivity index is 1.64. The van der Waals surface area contributed by atoms with Crippen molar-refractivity contribution in [2.24, 2.45) is 0 Å². The van der Waals surface area contributed by atoms with Gasteiger partial charge in [0.25, 0.3) is 5.91 Å². The Kier molecular flexibility index (Phi) is 9.84. The van der Waals surface area contributed by atoms with E-state index in [1.165, 1.54) is 18.2 Å². The maximum Gasteiger partial charge on any atom is 0.303 e. The average molecular weight is 664 g/mol. The van der Waals surface area contributed by atoms with E-state index in [1.54, 1.807) is 53.4 Å². The molecule has 0 radical (unpaired) electrons. The van der Waals surface area contributed by atoms with Gasteiger partial charge in [-0.25, -0.2) is 12.8 Å². The number of hydrogen-bond acceptors (Lipinski definition) is 5. The molecule has 1 amide bonds. The van der Waals surface area contributed by atoms with E-state index < -0.39 is 57.3 Å². The third-order valence-corrected chi connectivity index (χ3v) is 10.8. The van der Waals surface area contributed by atoms with Crippen LogP contribution in [-0.4, -0.2) is 54.2 Å². The van der Waals surface area contributed by atoms with Gasteiger partial charge in [-0.15, -0.1) is 0 Å². The Labute approximate surface area is 266 Å². The molecule has 2 aliphatic rings. The van der Waals surface area contributed by atoms with E-state index in [1.807, 2.05) is 13.0 Å². The van der Waals surface area contributed by atoms with E-state index in [9.17, 15) is 23.1 Å². The van der Waals surface area contributed by atoms with Crippen LogP contribution in [0.2, 0.25) is 10.0 Å². The summed E-state index contributed by atoms with van der Waals surface area (Å²) in [4.78, 5) is 27.5. The highest BCUT2D eigenvalue weighted by Crippen LogP contribution is 2.45. The Morgan fingerprint density at radius 2 is 1.75 bits per heavy atom. The van der Waals surface area contributed by atoms with Gasteiger partial charge in [-0.1, -0.05) is 66.5 Å². The Bertz CT molecular complexity index is 1620. The van der Waals surface area contributed by atoms with Crippen LogP contribution in [0, 0.1) is 5.82 Å². The van der Waals surface area contributed by atoms with Crippen LogP contribution in [0.1, 0.15) is 62.3 Å². The third-order valence-electron chi connectivity index (χ3n) is 8.05. The van der Waals surface area contributed by atoms with Crippen LogP contribution in [0.25, 0.3) is 0 Å². The summed E-state index contributed by atoms with van der Waals surface area (Å²) in [5.41, 5.74) is 1.24. The molecular weight excluding hydrogens is 630 g/mol. The number of carbonyl (C=O) groups is 2. The molecule has 12 heteroatoms. The molecule has 234 valence electrons. The highest BCUT2D eigenvalue weighted by molar-refractivity contribution is 7.93. The predicted molar refractivity (Wildman–Crippen MR) is 167 cm³/mol. The smallest absolute Gasteiger partial charge is 0.303 e. The quantitative estimate of drug-likeness (QED) is 0.229. The predicted octanol–water partition coefficient (Wildman–Crippen LogP) is 6.78. The van der Waals surface area contributed by atoms with Crippen molar-refractivity contribution in [1.29, 1.82) is 0 Å². The molecule has 0 spiro atoms. The van der Waals surface area contributed by atoms with Crippen molar-refractivity contribution < 1.29 is 32.2 Å². The summed E-state index contributed by atoms with van der Waals surface area (Å²) in [6.45, 7) is 1.62. The molecule has 1 aliphatic heterocycles. The number of benzene rings is 3. The first-order chi connectivity index (χ1) is 21.0. The van der Waals surface area contributed by atoms with Gasteiger partial charge in [-0.05, 0) is 73.2 Å². The maximum absolute atomic E-state index is 15.2. The molecule has 5 rings (SSSR count). The highest BCUT2D eigenvalue weighted by Gasteiger charge is 2.48. The monoisotopic (exact) mass is 662 g/mol. The zero-order valence-corrected chi connectivity index (χ0v) is 26.3. The summed E-state index contributed by atoms with van der Waals surface area (Å²) < 4.78 is 50.2. The number of sulfonamides is 1. The molecule has 1 heterocycles. The van der Waals surface area contributed by atoms with E-state index in [-0.39, 0.29) is 25.1 Å². The number of anilines is 1. The number of morpholine rings is 1. The molecule has 1 saturated heterocycles. The van der Waals surface area contributed by atoms with E-state index in [4.69, 9.17) is 27.9 Å². The number of carbonyl (C=O) groups excluding carboxylic acids is 1. The summed E-state index contributed by atoms with van der Waals surface area (Å²) in [6.07, 6.45) is -1.06. The lowest BCUT2D eigenvalue weighted by molar-refractivity contribution is -0.180. The van der Waals surface area contributed by atoms with Gasteiger partial charge in [0.05, 0.1) is 29.6 Å². The topological polar surface area (TPSA) is 104 Å². The molecule has 1 N–H and O–H groups in total. The molecule has 4 atom stereocenters. The van der Waals surface area contributed by atoms with E-state index in [2.05, 4.69) is 0 Å². The standard InChI is InChI=1S/C32H33Cl2FN2O6S/c1-2-24(19-36(44(41,42)25-14-15-25)27-9-4-3-8-26(27)35)37-30(20-10-12-22(33)13-11-20)31(21-6-5-7-23(34)18-21)43-28(32(37)40)16-17-29(38)39/h3-13,18,24-25,28,30-31H,2,14-17,19H2,1H3,(H,38,39)/t24?,28-,30-,31-/m1/s1. The molecule has 0 bridgehead atoms. The van der Waals surface area contributed by atoms with Crippen LogP contribution in [0.15, 0.2) is 72.8 Å². The lowest BCUT2D eigenvalue weighted by Gasteiger charge is -2.49. The van der Waals surface area contributed by atoms with Crippen molar-refractivity contribution in [2.75, 3.05) is 10.8 Å². The molecule has 1 unspecified atom stereocenters. The largest absolute Gasteiger partial charge is 0.481 e. The molecule has 44 heavy (non-hydrogen) atoms. The van der Waals surface area contributed by atoms with Gasteiger partial charge in [0, 0.05) is 16.5 Å². The van der Waals surface area contributed by atoms with Crippen molar-refractivity contribution >= 4 is 50.8 Å². The Morgan fingerprint density at radius 1 is 1.05 bits per heavy atom. The number of aliphatic carboxylic acids is 1. The number of carboxylic acid groups (broad SMARTS) is 1.